The summed E-state index contributed by atoms with van der Waals surface area (Å²) in [7, 11) is 0. The van der Waals surface area contributed by atoms with Crippen molar-refractivity contribution in [3.8, 4) is 0 Å². The number of aryl methyl sites for hydroxylation is 1. The van der Waals surface area contributed by atoms with Gasteiger partial charge >= 0.3 is 5.97 Å². The third kappa shape index (κ3) is 3.78. The largest absolute Gasteiger partial charge is 0.466 e. The van der Waals surface area contributed by atoms with Crippen LogP contribution < -0.4 is 5.32 Å². The molecule has 102 valence electrons. The van der Waals surface area contributed by atoms with Gasteiger partial charge in [-0.05, 0) is 13.8 Å². The molecule has 0 aliphatic carbocycles. The molecule has 0 aliphatic heterocycles. The van der Waals surface area contributed by atoms with E-state index in [0.717, 1.165) is 17.5 Å². The molecular formula is C12H16N4O2S. The van der Waals surface area contributed by atoms with Gasteiger partial charge in [-0.15, -0.1) is 11.3 Å². The van der Waals surface area contributed by atoms with Crippen molar-refractivity contribution in [2.75, 3.05) is 11.9 Å². The average Bonchev–Trinajstić information content (AvgIpc) is 2.99. The van der Waals surface area contributed by atoms with Crippen LogP contribution >= 0.6 is 11.3 Å². The molecule has 6 nitrogen and oxygen atoms in total. The molecule has 2 aromatic heterocycles. The monoisotopic (exact) mass is 280 g/mol. The number of aromatic nitrogens is 3. The minimum atomic E-state index is -0.255. The predicted octanol–water partition coefficient (Wildman–Crippen LogP) is 2.21. The first-order chi connectivity index (χ1) is 9.21. The number of ether oxygens (including phenoxy) is 1. The molecule has 0 aromatic carbocycles. The fourth-order valence-electron chi connectivity index (χ4n) is 1.52. The summed E-state index contributed by atoms with van der Waals surface area (Å²) in [6.45, 7) is 5.03. The third-order valence-corrected chi connectivity index (χ3v) is 3.19. The van der Waals surface area contributed by atoms with Crippen molar-refractivity contribution in [2.24, 2.45) is 0 Å². The highest BCUT2D eigenvalue weighted by atomic mass is 32.1. The molecule has 0 bridgehead atoms. The van der Waals surface area contributed by atoms with E-state index in [2.05, 4.69) is 15.4 Å². The van der Waals surface area contributed by atoms with Gasteiger partial charge in [-0.3, -0.25) is 9.48 Å². The lowest BCUT2D eigenvalue weighted by molar-refractivity contribution is -0.142. The lowest BCUT2D eigenvalue weighted by Crippen LogP contribution is -2.07. The topological polar surface area (TPSA) is 69.0 Å². The Morgan fingerprint density at radius 3 is 3.05 bits per heavy atom. The van der Waals surface area contributed by atoms with Crippen molar-refractivity contribution in [2.45, 2.75) is 26.8 Å². The maximum absolute atomic E-state index is 11.3. The van der Waals surface area contributed by atoms with E-state index < -0.39 is 0 Å². The van der Waals surface area contributed by atoms with Gasteiger partial charge < -0.3 is 10.1 Å². The molecule has 1 N–H and O–H groups in total. The van der Waals surface area contributed by atoms with Crippen molar-refractivity contribution in [3.63, 3.8) is 0 Å². The standard InChI is InChI=1S/C12H16N4O2S/c1-3-16-6-5-10(15-16)14-12-13-9(8-19-12)7-11(17)18-4-2/h5-6,8H,3-4,7H2,1-2H3,(H,13,14,15). The van der Waals surface area contributed by atoms with Crippen LogP contribution in [0.15, 0.2) is 17.6 Å². The van der Waals surface area contributed by atoms with Crippen molar-refractivity contribution in [1.82, 2.24) is 14.8 Å². The molecule has 0 aliphatic rings. The van der Waals surface area contributed by atoms with Gasteiger partial charge in [0.25, 0.3) is 0 Å². The van der Waals surface area contributed by atoms with Gasteiger partial charge in [-0.25, -0.2) is 4.98 Å². The SMILES string of the molecule is CCOC(=O)Cc1csc(Nc2ccn(CC)n2)n1. The fraction of sp³-hybridized carbons (Fsp3) is 0.417. The number of anilines is 2. The molecule has 0 saturated heterocycles. The Morgan fingerprint density at radius 1 is 1.53 bits per heavy atom. The summed E-state index contributed by atoms with van der Waals surface area (Å²) in [6, 6.07) is 1.88. The molecule has 0 unspecified atom stereocenters. The van der Waals surface area contributed by atoms with E-state index in [0.29, 0.717) is 12.3 Å². The molecule has 0 saturated carbocycles. The zero-order valence-electron chi connectivity index (χ0n) is 10.9. The van der Waals surface area contributed by atoms with E-state index in [1.165, 1.54) is 11.3 Å². The molecule has 2 aromatic rings. The molecule has 2 rings (SSSR count). The fourth-order valence-corrected chi connectivity index (χ4v) is 2.24. The van der Waals surface area contributed by atoms with Crippen LogP contribution in [0, 0.1) is 0 Å². The Kier molecular flexibility index (Phi) is 4.51. The summed E-state index contributed by atoms with van der Waals surface area (Å²) >= 11 is 1.44. The first-order valence-corrected chi connectivity index (χ1v) is 6.99. The number of nitrogens with one attached hydrogen (secondary N) is 1. The molecule has 0 amide bonds. The minimum Gasteiger partial charge on any atom is -0.466 e. The Labute approximate surface area is 115 Å². The molecule has 0 atom stereocenters. The molecule has 0 fully saturated rings. The van der Waals surface area contributed by atoms with Crippen molar-refractivity contribution in [1.29, 1.82) is 0 Å². The summed E-state index contributed by atoms with van der Waals surface area (Å²) < 4.78 is 6.71. The highest BCUT2D eigenvalue weighted by Gasteiger charge is 2.09. The smallest absolute Gasteiger partial charge is 0.311 e. The molecule has 7 heteroatoms. The zero-order chi connectivity index (χ0) is 13.7. The van der Waals surface area contributed by atoms with Crippen molar-refractivity contribution in [3.05, 3.63) is 23.3 Å². The van der Waals surface area contributed by atoms with Crippen LogP contribution in [0.3, 0.4) is 0 Å². The second kappa shape index (κ2) is 6.33. The van der Waals surface area contributed by atoms with E-state index >= 15 is 0 Å². The second-order valence-corrected chi connectivity index (χ2v) is 4.67. The van der Waals surface area contributed by atoms with Gasteiger partial charge in [-0.1, -0.05) is 0 Å². The lowest BCUT2D eigenvalue weighted by Gasteiger charge is -1.99. The van der Waals surface area contributed by atoms with Crippen LogP contribution in [0.5, 0.6) is 0 Å². The Hall–Kier alpha value is -1.89. The van der Waals surface area contributed by atoms with Crippen LogP contribution in [-0.4, -0.2) is 27.3 Å². The summed E-state index contributed by atoms with van der Waals surface area (Å²) in [4.78, 5) is 15.6. The molecule has 0 spiro atoms. The van der Waals surface area contributed by atoms with Gasteiger partial charge in [0.1, 0.15) is 0 Å². The highest BCUT2D eigenvalue weighted by Crippen LogP contribution is 2.20. The first kappa shape index (κ1) is 13.5. The number of carbonyl (C=O) groups excluding carboxylic acids is 1. The summed E-state index contributed by atoms with van der Waals surface area (Å²) in [5.41, 5.74) is 0.709. The van der Waals surface area contributed by atoms with Gasteiger partial charge in [0, 0.05) is 24.2 Å². The number of carbonyl (C=O) groups is 1. The number of hydrogen-bond donors (Lipinski definition) is 1. The van der Waals surface area contributed by atoms with E-state index in [-0.39, 0.29) is 12.4 Å². The molecule has 0 radical (unpaired) electrons. The van der Waals surface area contributed by atoms with Gasteiger partial charge in [0.15, 0.2) is 10.9 Å². The van der Waals surface area contributed by atoms with E-state index in [1.54, 1.807) is 6.92 Å². The Bertz CT molecular complexity index is 549. The van der Waals surface area contributed by atoms with Gasteiger partial charge in [0.05, 0.1) is 18.7 Å². The summed E-state index contributed by atoms with van der Waals surface area (Å²) in [5, 5.41) is 9.98. The van der Waals surface area contributed by atoms with Crippen LogP contribution in [0.25, 0.3) is 0 Å². The molecular weight excluding hydrogens is 264 g/mol. The van der Waals surface area contributed by atoms with Crippen LogP contribution in [0.1, 0.15) is 19.5 Å². The van der Waals surface area contributed by atoms with Gasteiger partial charge in [0.2, 0.25) is 0 Å². The van der Waals surface area contributed by atoms with Crippen LogP contribution in [0.4, 0.5) is 10.9 Å². The predicted molar refractivity (Wildman–Crippen MR) is 73.6 cm³/mol. The lowest BCUT2D eigenvalue weighted by atomic mass is 10.3. The number of esters is 1. The molecule has 19 heavy (non-hydrogen) atoms. The Balaban J connectivity index is 1.95. The van der Waals surface area contributed by atoms with Crippen molar-refractivity contribution >= 4 is 28.3 Å². The number of thiazole rings is 1. The van der Waals surface area contributed by atoms with Crippen LogP contribution in [0.2, 0.25) is 0 Å². The maximum Gasteiger partial charge on any atom is 0.311 e. The van der Waals surface area contributed by atoms with E-state index in [4.69, 9.17) is 4.74 Å². The Morgan fingerprint density at radius 2 is 2.37 bits per heavy atom. The third-order valence-electron chi connectivity index (χ3n) is 2.38. The normalized spacial score (nSPS) is 10.4. The highest BCUT2D eigenvalue weighted by molar-refractivity contribution is 7.13. The van der Waals surface area contributed by atoms with Gasteiger partial charge in [-0.2, -0.15) is 5.10 Å². The minimum absolute atomic E-state index is 0.204. The average molecular weight is 280 g/mol. The van der Waals surface area contributed by atoms with Crippen molar-refractivity contribution < 1.29 is 9.53 Å². The zero-order valence-corrected chi connectivity index (χ0v) is 11.7. The van der Waals surface area contributed by atoms with Crippen LogP contribution in [-0.2, 0) is 22.5 Å². The number of rotatable bonds is 6. The van der Waals surface area contributed by atoms with E-state index in [9.17, 15) is 4.79 Å². The first-order valence-electron chi connectivity index (χ1n) is 6.11. The van der Waals surface area contributed by atoms with E-state index in [1.807, 2.05) is 29.2 Å². The maximum atomic E-state index is 11.3. The number of hydrogen-bond acceptors (Lipinski definition) is 6. The quantitative estimate of drug-likeness (QED) is 0.822. The summed E-state index contributed by atoms with van der Waals surface area (Å²) in [5.74, 6) is 0.494. The second-order valence-electron chi connectivity index (χ2n) is 3.81. The molecule has 2 heterocycles. The number of nitrogens with zero attached hydrogens (tertiary/aromatic N) is 3. The summed E-state index contributed by atoms with van der Waals surface area (Å²) in [6.07, 6.45) is 2.10.